The maximum absolute atomic E-state index is 6.20. The summed E-state index contributed by atoms with van der Waals surface area (Å²) in [6, 6.07) is 5.84. The third-order valence-corrected chi connectivity index (χ3v) is 4.80. The van der Waals surface area contributed by atoms with Crippen LogP contribution >= 0.6 is 23.2 Å². The largest absolute Gasteiger partial charge is 0.321 e. The van der Waals surface area contributed by atoms with Crippen molar-refractivity contribution in [2.24, 2.45) is 0 Å². The molecule has 11 heteroatoms. The molecule has 0 saturated carbocycles. The molecule has 0 fully saturated rings. The minimum atomic E-state index is 0.330. The quantitative estimate of drug-likeness (QED) is 0.419. The van der Waals surface area contributed by atoms with Gasteiger partial charge in [0.05, 0.1) is 37.1 Å². The van der Waals surface area contributed by atoms with E-state index in [2.05, 4.69) is 29.9 Å². The van der Waals surface area contributed by atoms with E-state index in [1.807, 2.05) is 27.3 Å². The van der Waals surface area contributed by atoms with Crippen LogP contribution in [0, 0.1) is 0 Å². The van der Waals surface area contributed by atoms with Gasteiger partial charge < -0.3 is 9.13 Å². The van der Waals surface area contributed by atoms with Gasteiger partial charge in [-0.25, -0.2) is 29.9 Å². The van der Waals surface area contributed by atoms with Crippen molar-refractivity contribution in [1.82, 2.24) is 44.0 Å². The minimum Gasteiger partial charge on any atom is -0.321 e. The number of aromatic nitrogens is 9. The van der Waals surface area contributed by atoms with Crippen LogP contribution in [0.4, 0.5) is 0 Å². The molecular formula is C17H11Cl2N9. The molecule has 5 aromatic rings. The first kappa shape index (κ1) is 17.0. The molecule has 0 bridgehead atoms. The Labute approximate surface area is 168 Å². The number of fused-ring (bicyclic) bond motifs is 2. The van der Waals surface area contributed by atoms with Gasteiger partial charge >= 0.3 is 0 Å². The van der Waals surface area contributed by atoms with Gasteiger partial charge in [0.1, 0.15) is 23.7 Å². The highest BCUT2D eigenvalue weighted by molar-refractivity contribution is 6.33. The van der Waals surface area contributed by atoms with Crippen molar-refractivity contribution < 1.29 is 0 Å². The Kier molecular flexibility index (Phi) is 4.10. The third-order valence-electron chi connectivity index (χ3n) is 4.25. The van der Waals surface area contributed by atoms with E-state index in [9.17, 15) is 0 Å². The molecular weight excluding hydrogens is 401 g/mol. The van der Waals surface area contributed by atoms with E-state index in [1.54, 1.807) is 12.7 Å². The monoisotopic (exact) mass is 411 g/mol. The smallest absolute Gasteiger partial charge is 0.182 e. The van der Waals surface area contributed by atoms with Crippen LogP contribution in [-0.2, 0) is 13.1 Å². The van der Waals surface area contributed by atoms with E-state index >= 15 is 0 Å². The summed E-state index contributed by atoms with van der Waals surface area (Å²) in [6.45, 7) is 1.00. The number of imidazole rings is 2. The molecule has 5 heterocycles. The molecule has 0 aliphatic heterocycles. The summed E-state index contributed by atoms with van der Waals surface area (Å²) in [5.41, 5.74) is 4.18. The van der Waals surface area contributed by atoms with Gasteiger partial charge in [0.25, 0.3) is 0 Å². The zero-order valence-electron chi connectivity index (χ0n) is 14.2. The first-order valence-corrected chi connectivity index (χ1v) is 9.02. The highest BCUT2D eigenvalue weighted by Crippen LogP contribution is 2.20. The van der Waals surface area contributed by atoms with Gasteiger partial charge in [-0.1, -0.05) is 29.3 Å². The molecule has 5 aromatic heterocycles. The zero-order valence-corrected chi connectivity index (χ0v) is 15.7. The number of hydrogen-bond acceptors (Lipinski definition) is 7. The normalized spacial score (nSPS) is 11.5. The fraction of sp³-hybridized carbons (Fsp3) is 0.118. The first-order chi connectivity index (χ1) is 13.7. The van der Waals surface area contributed by atoms with Crippen LogP contribution in [0.15, 0.2) is 43.5 Å². The van der Waals surface area contributed by atoms with Crippen LogP contribution in [0.1, 0.15) is 11.4 Å². The maximum Gasteiger partial charge on any atom is 0.182 e. The Balaban J connectivity index is 1.45. The van der Waals surface area contributed by atoms with Gasteiger partial charge in [-0.05, 0) is 12.1 Å². The molecule has 0 radical (unpaired) electrons. The van der Waals surface area contributed by atoms with Crippen LogP contribution in [0.3, 0.4) is 0 Å². The number of nitrogens with zero attached hydrogens (tertiary/aromatic N) is 9. The molecule has 0 amide bonds. The minimum absolute atomic E-state index is 0.330. The maximum atomic E-state index is 6.20. The second-order valence-electron chi connectivity index (χ2n) is 6.04. The van der Waals surface area contributed by atoms with Gasteiger partial charge in [0.15, 0.2) is 21.6 Å². The standard InChI is InChI=1S/C17H11Cl2N9/c18-14-12-17(23-7-20-14)28(8-24-12)5-11-3-1-2-10(26-11)4-27-9-25-16-13(27)15(19)21-6-22-16/h1-3,6-9H,4-5H2. The lowest BCUT2D eigenvalue weighted by atomic mass is 10.3. The lowest BCUT2D eigenvalue weighted by Gasteiger charge is -2.08. The molecule has 0 N–H and O–H groups in total. The summed E-state index contributed by atoms with van der Waals surface area (Å²) < 4.78 is 3.76. The average Bonchev–Trinajstić information content (AvgIpc) is 3.29. The predicted octanol–water partition coefficient (Wildman–Crippen LogP) is 2.76. The summed E-state index contributed by atoms with van der Waals surface area (Å²) >= 11 is 12.3. The SMILES string of the molecule is Clc1ncnc2c1ncn2Cc1cccc(Cn2cnc3ncnc(Cl)c32)n1. The van der Waals surface area contributed by atoms with Crippen molar-refractivity contribution in [3.05, 3.63) is 65.2 Å². The highest BCUT2D eigenvalue weighted by Gasteiger charge is 2.12. The van der Waals surface area contributed by atoms with Gasteiger partial charge in [-0.2, -0.15) is 0 Å². The molecule has 9 nitrogen and oxygen atoms in total. The van der Waals surface area contributed by atoms with Crippen molar-refractivity contribution in [3.63, 3.8) is 0 Å². The van der Waals surface area contributed by atoms with Crippen molar-refractivity contribution >= 4 is 45.5 Å². The lowest BCUT2D eigenvalue weighted by molar-refractivity contribution is 0.751. The van der Waals surface area contributed by atoms with E-state index in [0.29, 0.717) is 45.7 Å². The Bertz CT molecular complexity index is 1310. The van der Waals surface area contributed by atoms with Crippen molar-refractivity contribution in [1.29, 1.82) is 0 Å². The van der Waals surface area contributed by atoms with E-state index in [-0.39, 0.29) is 0 Å². The van der Waals surface area contributed by atoms with Crippen LogP contribution < -0.4 is 0 Å². The van der Waals surface area contributed by atoms with Gasteiger partial charge in [-0.3, -0.25) is 4.98 Å². The highest BCUT2D eigenvalue weighted by atomic mass is 35.5. The number of pyridine rings is 1. The van der Waals surface area contributed by atoms with E-state index < -0.39 is 0 Å². The molecule has 0 aromatic carbocycles. The molecule has 0 aliphatic carbocycles. The Morgan fingerprint density at radius 2 is 1.46 bits per heavy atom. The number of rotatable bonds is 4. The molecule has 0 atom stereocenters. The molecule has 138 valence electrons. The van der Waals surface area contributed by atoms with Crippen molar-refractivity contribution in [2.45, 2.75) is 13.1 Å². The van der Waals surface area contributed by atoms with Gasteiger partial charge in [-0.15, -0.1) is 0 Å². The number of hydrogen-bond donors (Lipinski definition) is 0. The zero-order chi connectivity index (χ0) is 19.1. The van der Waals surface area contributed by atoms with Crippen molar-refractivity contribution in [3.8, 4) is 0 Å². The molecule has 28 heavy (non-hydrogen) atoms. The van der Waals surface area contributed by atoms with Crippen LogP contribution in [0.5, 0.6) is 0 Å². The Morgan fingerprint density at radius 3 is 2.32 bits per heavy atom. The fourth-order valence-electron chi connectivity index (χ4n) is 3.01. The topological polar surface area (TPSA) is 100 Å². The summed E-state index contributed by atoms with van der Waals surface area (Å²) in [5.74, 6) is 0. The molecule has 0 saturated heterocycles. The van der Waals surface area contributed by atoms with Gasteiger partial charge in [0.2, 0.25) is 0 Å². The molecule has 0 aliphatic rings. The third kappa shape index (κ3) is 2.94. The molecule has 0 spiro atoms. The second-order valence-corrected chi connectivity index (χ2v) is 6.75. The summed E-state index contributed by atoms with van der Waals surface area (Å²) in [4.78, 5) is 29.6. The summed E-state index contributed by atoms with van der Waals surface area (Å²) in [7, 11) is 0. The first-order valence-electron chi connectivity index (χ1n) is 8.26. The van der Waals surface area contributed by atoms with E-state index in [0.717, 1.165) is 11.4 Å². The summed E-state index contributed by atoms with van der Waals surface area (Å²) in [5, 5.41) is 0.691. The van der Waals surface area contributed by atoms with Crippen LogP contribution in [0.2, 0.25) is 10.3 Å². The molecule has 0 unspecified atom stereocenters. The van der Waals surface area contributed by atoms with Crippen LogP contribution in [0.25, 0.3) is 22.3 Å². The lowest BCUT2D eigenvalue weighted by Crippen LogP contribution is -2.06. The fourth-order valence-corrected chi connectivity index (χ4v) is 3.43. The van der Waals surface area contributed by atoms with Crippen molar-refractivity contribution in [2.75, 3.05) is 0 Å². The van der Waals surface area contributed by atoms with Crippen LogP contribution in [-0.4, -0.2) is 44.0 Å². The Morgan fingerprint density at radius 1 is 0.750 bits per heavy atom. The predicted molar refractivity (Wildman–Crippen MR) is 103 cm³/mol. The average molecular weight is 412 g/mol. The molecule has 5 rings (SSSR count). The summed E-state index contributed by atoms with van der Waals surface area (Å²) in [6.07, 6.45) is 6.18. The van der Waals surface area contributed by atoms with E-state index in [4.69, 9.17) is 28.2 Å². The number of halogens is 2. The van der Waals surface area contributed by atoms with Gasteiger partial charge in [0, 0.05) is 0 Å². The second kappa shape index (κ2) is 6.77. The Hall–Kier alpha value is -3.17. The van der Waals surface area contributed by atoms with E-state index in [1.165, 1.54) is 12.7 Å².